The summed E-state index contributed by atoms with van der Waals surface area (Å²) in [4.78, 5) is 17.5. The van der Waals surface area contributed by atoms with Crippen molar-refractivity contribution in [3.05, 3.63) is 51.3 Å². The Kier molecular flexibility index (Phi) is 3.90. The molecular weight excluding hydrogens is 322 g/mol. The summed E-state index contributed by atoms with van der Waals surface area (Å²) < 4.78 is 27.4. The van der Waals surface area contributed by atoms with Crippen LogP contribution in [-0.2, 0) is 23.0 Å². The molecule has 22 heavy (non-hydrogen) atoms. The molecular formula is C14H15N3O3S2. The van der Waals surface area contributed by atoms with Crippen LogP contribution in [0.2, 0.25) is 0 Å². The molecule has 3 N–H and O–H groups in total. The van der Waals surface area contributed by atoms with Crippen LogP contribution in [0.1, 0.15) is 17.4 Å². The minimum atomic E-state index is -3.51. The van der Waals surface area contributed by atoms with Crippen LogP contribution in [0.4, 0.5) is 0 Å². The molecule has 0 spiro atoms. The third-order valence-corrected chi connectivity index (χ3v) is 6.42. The van der Waals surface area contributed by atoms with Gasteiger partial charge in [0.15, 0.2) is 0 Å². The zero-order valence-corrected chi connectivity index (χ0v) is 13.5. The summed E-state index contributed by atoms with van der Waals surface area (Å²) in [5.41, 5.74) is 1.85. The predicted octanol–water partition coefficient (Wildman–Crippen LogP) is 1.96. The molecule has 0 amide bonds. The molecule has 3 rings (SSSR count). The number of H-pyrrole nitrogens is 2. The van der Waals surface area contributed by atoms with Gasteiger partial charge in [-0.2, -0.15) is 0 Å². The third kappa shape index (κ3) is 2.99. The van der Waals surface area contributed by atoms with Gasteiger partial charge in [0.25, 0.3) is 0 Å². The number of nitrogens with one attached hydrogen (secondary N) is 3. The maximum Gasteiger partial charge on any atom is 0.323 e. The fourth-order valence-electron chi connectivity index (χ4n) is 2.13. The van der Waals surface area contributed by atoms with Crippen molar-refractivity contribution in [1.82, 2.24) is 14.7 Å². The molecule has 1 aromatic carbocycles. The van der Waals surface area contributed by atoms with Crippen LogP contribution in [0, 0.1) is 0 Å². The monoisotopic (exact) mass is 337 g/mol. The molecule has 0 aliphatic rings. The lowest BCUT2D eigenvalue weighted by Crippen LogP contribution is -2.22. The van der Waals surface area contributed by atoms with E-state index in [1.54, 1.807) is 24.3 Å². The molecule has 0 atom stereocenters. The average molecular weight is 337 g/mol. The van der Waals surface area contributed by atoms with Crippen molar-refractivity contribution in [3.8, 4) is 0 Å². The molecule has 0 radical (unpaired) electrons. The Morgan fingerprint density at radius 2 is 1.91 bits per heavy atom. The second kappa shape index (κ2) is 5.71. The largest absolute Gasteiger partial charge is 0.323 e. The van der Waals surface area contributed by atoms with E-state index in [0.717, 1.165) is 16.9 Å². The Morgan fingerprint density at radius 1 is 1.14 bits per heavy atom. The molecule has 6 nitrogen and oxygen atoms in total. The second-order valence-electron chi connectivity index (χ2n) is 4.86. The molecule has 116 valence electrons. The normalized spacial score (nSPS) is 12.0. The van der Waals surface area contributed by atoms with E-state index in [2.05, 4.69) is 14.7 Å². The fourth-order valence-corrected chi connectivity index (χ4v) is 4.49. The number of aromatic amines is 2. The molecule has 8 heteroatoms. The zero-order valence-electron chi connectivity index (χ0n) is 11.8. The highest BCUT2D eigenvalue weighted by Gasteiger charge is 2.16. The Morgan fingerprint density at radius 3 is 2.64 bits per heavy atom. The summed E-state index contributed by atoms with van der Waals surface area (Å²) in [6.45, 7) is 2.16. The quantitative estimate of drug-likeness (QED) is 0.664. The maximum atomic E-state index is 12.2. The number of thiophene rings is 1. The molecule has 0 bridgehead atoms. The van der Waals surface area contributed by atoms with Crippen molar-refractivity contribution >= 4 is 32.4 Å². The van der Waals surface area contributed by atoms with Gasteiger partial charge in [-0.1, -0.05) is 13.0 Å². The topological polar surface area (TPSA) is 94.8 Å². The Bertz CT molecular complexity index is 967. The Balaban J connectivity index is 1.78. The van der Waals surface area contributed by atoms with Gasteiger partial charge in [0.1, 0.15) is 4.21 Å². The van der Waals surface area contributed by atoms with E-state index in [-0.39, 0.29) is 12.2 Å². The molecule has 3 aromatic rings. The molecule has 0 fully saturated rings. The van der Waals surface area contributed by atoms with E-state index in [1.807, 2.05) is 13.0 Å². The maximum absolute atomic E-state index is 12.2. The Hall–Kier alpha value is -1.90. The van der Waals surface area contributed by atoms with Gasteiger partial charge >= 0.3 is 5.69 Å². The summed E-state index contributed by atoms with van der Waals surface area (Å²) in [5.74, 6) is 0. The van der Waals surface area contributed by atoms with Crippen LogP contribution in [0.5, 0.6) is 0 Å². The van der Waals surface area contributed by atoms with Crippen LogP contribution in [0.25, 0.3) is 11.0 Å². The number of imidazole rings is 1. The van der Waals surface area contributed by atoms with Crippen LogP contribution < -0.4 is 10.4 Å². The van der Waals surface area contributed by atoms with Gasteiger partial charge in [0.2, 0.25) is 10.0 Å². The van der Waals surface area contributed by atoms with Gasteiger partial charge < -0.3 is 9.97 Å². The van der Waals surface area contributed by atoms with Crippen molar-refractivity contribution in [1.29, 1.82) is 0 Å². The number of aromatic nitrogens is 2. The van der Waals surface area contributed by atoms with Crippen molar-refractivity contribution in [2.45, 2.75) is 24.1 Å². The van der Waals surface area contributed by atoms with E-state index in [0.29, 0.717) is 15.2 Å². The van der Waals surface area contributed by atoms with Crippen LogP contribution in [0.3, 0.4) is 0 Å². The number of aryl methyl sites for hydroxylation is 1. The number of sulfonamides is 1. The lowest BCUT2D eigenvalue weighted by atomic mass is 10.2. The van der Waals surface area contributed by atoms with Gasteiger partial charge in [0.05, 0.1) is 11.0 Å². The summed E-state index contributed by atoms with van der Waals surface area (Å²) in [7, 11) is -3.51. The average Bonchev–Trinajstić information content (AvgIpc) is 3.10. The standard InChI is InChI=1S/C14H15N3O3S2/c1-2-10-4-6-13(21-10)22(19,20)15-8-9-3-5-11-12(7-9)17-14(18)16-11/h3-7,15H,2,8H2,1H3,(H2,16,17,18). The van der Waals surface area contributed by atoms with Gasteiger partial charge in [-0.25, -0.2) is 17.9 Å². The van der Waals surface area contributed by atoms with Gasteiger partial charge in [-0.15, -0.1) is 11.3 Å². The molecule has 0 saturated carbocycles. The minimum Gasteiger partial charge on any atom is -0.306 e. The summed E-state index contributed by atoms with van der Waals surface area (Å²) in [6, 6.07) is 8.73. The van der Waals surface area contributed by atoms with E-state index in [4.69, 9.17) is 0 Å². The highest BCUT2D eigenvalue weighted by Crippen LogP contribution is 2.22. The van der Waals surface area contributed by atoms with Crippen LogP contribution in [-0.4, -0.2) is 18.4 Å². The number of hydrogen-bond donors (Lipinski definition) is 3. The van der Waals surface area contributed by atoms with Crippen LogP contribution in [0.15, 0.2) is 39.3 Å². The third-order valence-electron chi connectivity index (χ3n) is 3.30. The smallest absolute Gasteiger partial charge is 0.306 e. The molecule has 0 saturated heterocycles. The molecule has 0 aliphatic carbocycles. The van der Waals surface area contributed by atoms with Crippen molar-refractivity contribution in [2.24, 2.45) is 0 Å². The van der Waals surface area contributed by atoms with Gasteiger partial charge in [-0.05, 0) is 36.2 Å². The van der Waals surface area contributed by atoms with E-state index >= 15 is 0 Å². The van der Waals surface area contributed by atoms with Crippen molar-refractivity contribution < 1.29 is 8.42 Å². The molecule has 2 aromatic heterocycles. The summed E-state index contributed by atoms with van der Waals surface area (Å²) in [5, 5.41) is 0. The second-order valence-corrected chi connectivity index (χ2v) is 8.02. The number of rotatable bonds is 5. The van der Waals surface area contributed by atoms with E-state index in [9.17, 15) is 13.2 Å². The number of benzene rings is 1. The van der Waals surface area contributed by atoms with E-state index in [1.165, 1.54) is 11.3 Å². The van der Waals surface area contributed by atoms with Crippen molar-refractivity contribution in [2.75, 3.05) is 0 Å². The Labute approximate surface area is 131 Å². The lowest BCUT2D eigenvalue weighted by Gasteiger charge is -2.05. The van der Waals surface area contributed by atoms with Gasteiger partial charge in [-0.3, -0.25) is 0 Å². The minimum absolute atomic E-state index is 0.171. The molecule has 0 aliphatic heterocycles. The number of fused-ring (bicyclic) bond motifs is 1. The van der Waals surface area contributed by atoms with Crippen molar-refractivity contribution in [3.63, 3.8) is 0 Å². The van der Waals surface area contributed by atoms with Gasteiger partial charge in [0, 0.05) is 11.4 Å². The molecule has 0 unspecified atom stereocenters. The first-order valence-electron chi connectivity index (χ1n) is 6.77. The SMILES string of the molecule is CCc1ccc(S(=O)(=O)NCc2ccc3[nH]c(=O)[nH]c3c2)s1. The first kappa shape index (κ1) is 15.0. The fraction of sp³-hybridized carbons (Fsp3) is 0.214. The highest BCUT2D eigenvalue weighted by atomic mass is 32.2. The van der Waals surface area contributed by atoms with Crippen LogP contribution >= 0.6 is 11.3 Å². The lowest BCUT2D eigenvalue weighted by molar-refractivity contribution is 0.583. The summed E-state index contributed by atoms with van der Waals surface area (Å²) >= 11 is 1.28. The first-order valence-corrected chi connectivity index (χ1v) is 9.07. The highest BCUT2D eigenvalue weighted by molar-refractivity contribution is 7.91. The molecule has 2 heterocycles. The summed E-state index contributed by atoms with van der Waals surface area (Å²) in [6.07, 6.45) is 0.817. The van der Waals surface area contributed by atoms with E-state index < -0.39 is 10.0 Å². The predicted molar refractivity (Wildman–Crippen MR) is 86.6 cm³/mol. The zero-order chi connectivity index (χ0) is 15.7. The number of hydrogen-bond acceptors (Lipinski definition) is 4. The first-order chi connectivity index (χ1) is 10.5.